The summed E-state index contributed by atoms with van der Waals surface area (Å²) in [6.45, 7) is 7.10. The van der Waals surface area contributed by atoms with E-state index in [0.717, 1.165) is 51.4 Å². The molecule has 4 aliphatic rings. The van der Waals surface area contributed by atoms with Crippen molar-refractivity contribution in [3.63, 3.8) is 0 Å². The fourth-order valence-electron chi connectivity index (χ4n) is 8.96. The van der Waals surface area contributed by atoms with Crippen LogP contribution in [0.15, 0.2) is 0 Å². The maximum atomic E-state index is 11.3. The van der Waals surface area contributed by atoms with Crippen molar-refractivity contribution in [3.8, 4) is 0 Å². The van der Waals surface area contributed by atoms with Crippen molar-refractivity contribution in [2.75, 3.05) is 5.75 Å². The molecule has 2 N–H and O–H groups in total. The average Bonchev–Trinajstić information content (AvgIpc) is 2.99. The van der Waals surface area contributed by atoms with Crippen molar-refractivity contribution in [1.29, 1.82) is 0 Å². The van der Waals surface area contributed by atoms with E-state index in [1.54, 1.807) is 0 Å². The summed E-state index contributed by atoms with van der Waals surface area (Å²) in [4.78, 5) is 0. The topological polar surface area (TPSA) is 97.7 Å². The molecule has 4 saturated carbocycles. The van der Waals surface area contributed by atoms with Crippen LogP contribution < -0.4 is 29.6 Å². The van der Waals surface area contributed by atoms with Crippen LogP contribution >= 0.6 is 0 Å². The van der Waals surface area contributed by atoms with Gasteiger partial charge < -0.3 is 14.8 Å². The van der Waals surface area contributed by atoms with E-state index < -0.39 is 10.1 Å². The molecule has 5 nitrogen and oxygen atoms in total. The second-order valence-corrected chi connectivity index (χ2v) is 13.4. The first kappa shape index (κ1) is 26.4. The molecular weight excluding hydrogens is 423 g/mol. The summed E-state index contributed by atoms with van der Waals surface area (Å²) in [6, 6.07) is 0. The van der Waals surface area contributed by atoms with E-state index in [1.807, 2.05) is 0 Å². The third-order valence-corrected chi connectivity index (χ3v) is 11.3. The van der Waals surface area contributed by atoms with E-state index in [1.165, 1.54) is 6.42 Å². The van der Waals surface area contributed by atoms with E-state index in [2.05, 4.69) is 20.8 Å². The molecule has 10 atom stereocenters. The first-order valence-corrected chi connectivity index (χ1v) is 13.8. The van der Waals surface area contributed by atoms with Gasteiger partial charge in [0.1, 0.15) is 0 Å². The SMILES string of the molecule is C[C@H](CCCS(=O)(=O)[O-])[C@H]1CC[C@H]2[C@@H]3[C@@H](O)C[C@@H]4C[C@H](O)CC[C@]4(C)[C@H]3CC[C@]12C.[Na+]. The zero-order valence-electron chi connectivity index (χ0n) is 19.9. The molecule has 0 aromatic carbocycles. The van der Waals surface area contributed by atoms with E-state index in [9.17, 15) is 23.2 Å². The number of hydrogen-bond acceptors (Lipinski definition) is 5. The van der Waals surface area contributed by atoms with Crippen LogP contribution in [0.4, 0.5) is 0 Å². The van der Waals surface area contributed by atoms with Crippen LogP contribution in [-0.4, -0.2) is 41.1 Å². The van der Waals surface area contributed by atoms with Crippen molar-refractivity contribution in [2.45, 2.75) is 97.2 Å². The van der Waals surface area contributed by atoms with Crippen molar-refractivity contribution >= 4 is 10.1 Å². The summed E-state index contributed by atoms with van der Waals surface area (Å²) in [6.07, 6.45) is 9.12. The minimum Gasteiger partial charge on any atom is -0.748 e. The number of fused-ring (bicyclic) bond motifs is 5. The van der Waals surface area contributed by atoms with Gasteiger partial charge in [-0.2, -0.15) is 0 Å². The average molecular weight is 465 g/mol. The summed E-state index contributed by atoms with van der Waals surface area (Å²) >= 11 is 0. The van der Waals surface area contributed by atoms with Crippen LogP contribution in [0.2, 0.25) is 0 Å². The Morgan fingerprint density at radius 2 is 1.65 bits per heavy atom. The van der Waals surface area contributed by atoms with E-state index in [0.29, 0.717) is 41.9 Å². The van der Waals surface area contributed by atoms with Gasteiger partial charge in [-0.1, -0.05) is 20.8 Å². The normalized spacial score (nSPS) is 48.1. The Labute approximate surface area is 211 Å². The standard InChI is InChI=1S/C24H42O5S.Na/c1-15(5-4-12-30(27,28)29)18-6-7-19-22-20(9-11-24(18,19)3)23(2)10-8-17(25)13-16(23)14-21(22)26;/h15-22,25-26H,4-14H2,1-3H3,(H,27,28,29);/q;+1/p-1/t15-,16+,17-,18-,19+,20+,21+,22+,23+,24-;/m1./s1. The minimum atomic E-state index is -4.13. The first-order valence-electron chi connectivity index (χ1n) is 12.3. The van der Waals surface area contributed by atoms with E-state index in [-0.39, 0.29) is 58.3 Å². The zero-order chi connectivity index (χ0) is 21.9. The number of aliphatic hydroxyl groups excluding tert-OH is 2. The van der Waals surface area contributed by atoms with Crippen molar-refractivity contribution < 1.29 is 52.7 Å². The Morgan fingerprint density at radius 3 is 2.32 bits per heavy atom. The van der Waals surface area contributed by atoms with Gasteiger partial charge in [0.25, 0.3) is 0 Å². The van der Waals surface area contributed by atoms with Crippen LogP contribution in [0, 0.1) is 46.3 Å². The molecule has 4 aliphatic carbocycles. The van der Waals surface area contributed by atoms with Gasteiger partial charge in [0.15, 0.2) is 0 Å². The van der Waals surface area contributed by atoms with Gasteiger partial charge in [-0.3, -0.25) is 0 Å². The molecule has 4 fully saturated rings. The molecule has 0 heterocycles. The van der Waals surface area contributed by atoms with E-state index in [4.69, 9.17) is 0 Å². The predicted molar refractivity (Wildman–Crippen MR) is 116 cm³/mol. The Hall–Kier alpha value is 0.830. The molecule has 4 rings (SSSR count). The summed E-state index contributed by atoms with van der Waals surface area (Å²) in [5.74, 6) is 2.59. The summed E-state index contributed by atoms with van der Waals surface area (Å²) in [7, 11) is -4.13. The number of aliphatic hydroxyl groups is 2. The molecule has 0 radical (unpaired) electrons. The quantitative estimate of drug-likeness (QED) is 0.466. The summed E-state index contributed by atoms with van der Waals surface area (Å²) < 4.78 is 33.0. The van der Waals surface area contributed by atoms with Crippen molar-refractivity contribution in [2.24, 2.45) is 46.3 Å². The molecule has 0 bridgehead atoms. The van der Waals surface area contributed by atoms with Crippen LogP contribution in [0.5, 0.6) is 0 Å². The van der Waals surface area contributed by atoms with Gasteiger partial charge in [-0.25, -0.2) is 8.42 Å². The molecule has 0 amide bonds. The Kier molecular flexibility index (Phi) is 8.07. The minimum absolute atomic E-state index is 0. The van der Waals surface area contributed by atoms with Gasteiger partial charge in [0.05, 0.1) is 22.3 Å². The van der Waals surface area contributed by atoms with Crippen LogP contribution in [0.1, 0.15) is 85.0 Å². The third-order valence-electron chi connectivity index (χ3n) is 10.5. The molecule has 0 aromatic rings. The van der Waals surface area contributed by atoms with Gasteiger partial charge >= 0.3 is 29.6 Å². The molecule has 0 aliphatic heterocycles. The summed E-state index contributed by atoms with van der Waals surface area (Å²) in [5, 5.41) is 21.5. The molecule has 0 unspecified atom stereocenters. The number of hydrogen-bond donors (Lipinski definition) is 2. The summed E-state index contributed by atoms with van der Waals surface area (Å²) in [5.41, 5.74) is 0.450. The second-order valence-electron chi connectivity index (χ2n) is 11.8. The van der Waals surface area contributed by atoms with Crippen molar-refractivity contribution in [1.82, 2.24) is 0 Å². The van der Waals surface area contributed by atoms with Gasteiger partial charge in [-0.15, -0.1) is 0 Å². The molecule has 7 heteroatoms. The van der Waals surface area contributed by atoms with Crippen LogP contribution in [0.3, 0.4) is 0 Å². The van der Waals surface area contributed by atoms with Gasteiger partial charge in [0.2, 0.25) is 0 Å². The van der Waals surface area contributed by atoms with Crippen molar-refractivity contribution in [3.05, 3.63) is 0 Å². The number of rotatable bonds is 5. The Morgan fingerprint density at radius 1 is 1.00 bits per heavy atom. The first-order chi connectivity index (χ1) is 14.0. The van der Waals surface area contributed by atoms with Gasteiger partial charge in [-0.05, 0) is 111 Å². The molecule has 174 valence electrons. The van der Waals surface area contributed by atoms with Crippen LogP contribution in [-0.2, 0) is 10.1 Å². The fourth-order valence-corrected chi connectivity index (χ4v) is 9.48. The zero-order valence-corrected chi connectivity index (χ0v) is 22.7. The Bertz CT molecular complexity index is 744. The molecule has 0 aromatic heterocycles. The molecule has 0 saturated heterocycles. The smallest absolute Gasteiger partial charge is 0.748 e. The largest absolute Gasteiger partial charge is 1.00 e. The van der Waals surface area contributed by atoms with E-state index >= 15 is 0 Å². The third kappa shape index (κ3) is 4.83. The fraction of sp³-hybridized carbons (Fsp3) is 1.00. The predicted octanol–water partition coefficient (Wildman–Crippen LogP) is 0.943. The van der Waals surface area contributed by atoms with Gasteiger partial charge in [0, 0.05) is 5.75 Å². The maximum Gasteiger partial charge on any atom is 1.00 e. The maximum absolute atomic E-state index is 11.3. The van der Waals surface area contributed by atoms with Crippen LogP contribution in [0.25, 0.3) is 0 Å². The molecule has 31 heavy (non-hydrogen) atoms. The molecular formula is C24H41NaO5S. The molecule has 0 spiro atoms. The monoisotopic (exact) mass is 464 g/mol. The second kappa shape index (κ2) is 9.47. The Balaban J connectivity index is 0.00000272.